The van der Waals surface area contributed by atoms with E-state index in [2.05, 4.69) is 5.32 Å². The van der Waals surface area contributed by atoms with E-state index in [0.29, 0.717) is 0 Å². The van der Waals surface area contributed by atoms with Gasteiger partial charge < -0.3 is 10.1 Å². The van der Waals surface area contributed by atoms with E-state index in [1.54, 1.807) is 13.8 Å². The third kappa shape index (κ3) is 3.59. The molecule has 0 amide bonds. The van der Waals surface area contributed by atoms with Crippen LogP contribution in [0, 0.1) is 10.1 Å². The van der Waals surface area contributed by atoms with Crippen LogP contribution >= 0.6 is 11.6 Å². The van der Waals surface area contributed by atoms with Crippen molar-refractivity contribution < 1.29 is 14.5 Å². The van der Waals surface area contributed by atoms with Crippen LogP contribution in [0.5, 0.6) is 0 Å². The molecule has 0 aliphatic heterocycles. The molecule has 1 aromatic carbocycles. The normalized spacial score (nSPS) is 11.7. The first-order valence-corrected chi connectivity index (χ1v) is 5.70. The highest BCUT2D eigenvalue weighted by Crippen LogP contribution is 2.28. The number of nitro benzene ring substituents is 1. The third-order valence-electron chi connectivity index (χ3n) is 2.17. The molecule has 0 radical (unpaired) electrons. The predicted molar refractivity (Wildman–Crippen MR) is 67.8 cm³/mol. The van der Waals surface area contributed by atoms with Gasteiger partial charge in [0, 0.05) is 11.1 Å². The van der Waals surface area contributed by atoms with E-state index in [1.807, 2.05) is 0 Å². The monoisotopic (exact) mass is 272 g/mol. The number of esters is 1. The summed E-state index contributed by atoms with van der Waals surface area (Å²) in [5.74, 6) is -0.471. The van der Waals surface area contributed by atoms with Crippen LogP contribution in [0.1, 0.15) is 13.8 Å². The van der Waals surface area contributed by atoms with E-state index < -0.39 is 16.9 Å². The van der Waals surface area contributed by atoms with E-state index in [1.165, 1.54) is 18.2 Å². The smallest absolute Gasteiger partial charge is 0.328 e. The van der Waals surface area contributed by atoms with Crippen LogP contribution in [-0.4, -0.2) is 23.5 Å². The standard InChI is InChI=1S/C11H13ClN2O4/c1-3-18-11(15)7(2)13-9-5-4-8(12)6-10(9)14(16)17/h4-7,13H,3H2,1-2H3. The molecule has 0 fully saturated rings. The maximum Gasteiger partial charge on any atom is 0.328 e. The fourth-order valence-corrected chi connectivity index (χ4v) is 1.50. The Hall–Kier alpha value is -1.82. The van der Waals surface area contributed by atoms with Gasteiger partial charge in [0.25, 0.3) is 5.69 Å². The Balaban J connectivity index is 2.90. The molecule has 0 spiro atoms. The van der Waals surface area contributed by atoms with Gasteiger partial charge >= 0.3 is 5.97 Å². The van der Waals surface area contributed by atoms with Crippen LogP contribution in [0.4, 0.5) is 11.4 Å². The van der Waals surface area contributed by atoms with Crippen molar-refractivity contribution in [2.45, 2.75) is 19.9 Å². The number of ether oxygens (including phenoxy) is 1. The Morgan fingerprint density at radius 1 is 1.61 bits per heavy atom. The minimum absolute atomic E-state index is 0.182. The molecule has 18 heavy (non-hydrogen) atoms. The fourth-order valence-electron chi connectivity index (χ4n) is 1.34. The van der Waals surface area contributed by atoms with Gasteiger partial charge in [0.15, 0.2) is 0 Å². The number of nitrogens with one attached hydrogen (secondary N) is 1. The molecule has 0 aliphatic carbocycles. The van der Waals surface area contributed by atoms with Crippen LogP contribution in [0.25, 0.3) is 0 Å². The lowest BCUT2D eigenvalue weighted by atomic mass is 10.2. The van der Waals surface area contributed by atoms with Gasteiger partial charge in [-0.2, -0.15) is 0 Å². The summed E-state index contributed by atoms with van der Waals surface area (Å²) in [6.45, 7) is 3.51. The summed E-state index contributed by atoms with van der Waals surface area (Å²) in [7, 11) is 0. The van der Waals surface area contributed by atoms with Crippen molar-refractivity contribution in [3.05, 3.63) is 33.3 Å². The van der Waals surface area contributed by atoms with Crippen molar-refractivity contribution in [2.75, 3.05) is 11.9 Å². The minimum Gasteiger partial charge on any atom is -0.464 e. The van der Waals surface area contributed by atoms with Gasteiger partial charge in [-0.1, -0.05) is 11.6 Å². The number of benzene rings is 1. The van der Waals surface area contributed by atoms with E-state index in [0.717, 1.165) is 0 Å². The van der Waals surface area contributed by atoms with Crippen LogP contribution in [0.15, 0.2) is 18.2 Å². The second kappa shape index (κ2) is 6.20. The molecule has 1 atom stereocenters. The highest BCUT2D eigenvalue weighted by molar-refractivity contribution is 6.30. The predicted octanol–water partition coefficient (Wildman–Crippen LogP) is 2.61. The lowest BCUT2D eigenvalue weighted by Crippen LogP contribution is -2.28. The number of hydrogen-bond acceptors (Lipinski definition) is 5. The summed E-state index contributed by atoms with van der Waals surface area (Å²) >= 11 is 5.69. The van der Waals surface area contributed by atoms with Crippen molar-refractivity contribution in [3.8, 4) is 0 Å². The van der Waals surface area contributed by atoms with Crippen LogP contribution in [0.2, 0.25) is 5.02 Å². The average Bonchev–Trinajstić information content (AvgIpc) is 2.31. The van der Waals surface area contributed by atoms with Crippen LogP contribution in [-0.2, 0) is 9.53 Å². The van der Waals surface area contributed by atoms with Gasteiger partial charge in [-0.05, 0) is 26.0 Å². The van der Waals surface area contributed by atoms with E-state index in [4.69, 9.17) is 16.3 Å². The summed E-state index contributed by atoms with van der Waals surface area (Å²) in [6, 6.07) is 3.51. The number of hydrogen-bond donors (Lipinski definition) is 1. The number of nitrogens with zero attached hydrogens (tertiary/aromatic N) is 1. The van der Waals surface area contributed by atoms with Gasteiger partial charge in [0.2, 0.25) is 0 Å². The zero-order chi connectivity index (χ0) is 13.7. The summed E-state index contributed by atoms with van der Waals surface area (Å²) in [4.78, 5) is 21.7. The Morgan fingerprint density at radius 2 is 2.28 bits per heavy atom. The molecule has 0 saturated carbocycles. The van der Waals surface area contributed by atoms with Crippen molar-refractivity contribution in [1.82, 2.24) is 0 Å². The topological polar surface area (TPSA) is 81.5 Å². The summed E-state index contributed by atoms with van der Waals surface area (Å²) in [6.07, 6.45) is 0. The second-order valence-electron chi connectivity index (χ2n) is 3.54. The Morgan fingerprint density at radius 3 is 2.83 bits per heavy atom. The summed E-state index contributed by atoms with van der Waals surface area (Å²) in [5, 5.41) is 13.8. The van der Waals surface area contributed by atoms with Crippen molar-refractivity contribution in [1.29, 1.82) is 0 Å². The fraction of sp³-hybridized carbons (Fsp3) is 0.364. The molecular weight excluding hydrogens is 260 g/mol. The van der Waals surface area contributed by atoms with Crippen LogP contribution in [0.3, 0.4) is 0 Å². The third-order valence-corrected chi connectivity index (χ3v) is 2.40. The Kier molecular flexibility index (Phi) is 4.91. The van der Waals surface area contributed by atoms with E-state index in [9.17, 15) is 14.9 Å². The SMILES string of the molecule is CCOC(=O)C(C)Nc1ccc(Cl)cc1[N+](=O)[O-]. The maximum atomic E-state index is 11.4. The molecule has 1 N–H and O–H groups in total. The number of carbonyl (C=O) groups is 1. The van der Waals surface area contributed by atoms with Crippen LogP contribution < -0.4 is 5.32 Å². The molecule has 0 aromatic heterocycles. The number of anilines is 1. The molecule has 1 unspecified atom stereocenters. The maximum absolute atomic E-state index is 11.4. The van der Waals surface area contributed by atoms with Gasteiger partial charge in [-0.3, -0.25) is 10.1 Å². The minimum atomic E-state index is -0.676. The molecule has 7 heteroatoms. The van der Waals surface area contributed by atoms with Crippen molar-refractivity contribution in [2.24, 2.45) is 0 Å². The summed E-state index contributed by atoms with van der Waals surface area (Å²) < 4.78 is 4.80. The molecule has 0 saturated heterocycles. The number of carbonyl (C=O) groups excluding carboxylic acids is 1. The summed E-state index contributed by atoms with van der Waals surface area (Å²) in [5.41, 5.74) is 0.0450. The first kappa shape index (κ1) is 14.2. The first-order valence-electron chi connectivity index (χ1n) is 5.32. The Labute approximate surface area is 109 Å². The quantitative estimate of drug-likeness (QED) is 0.506. The van der Waals surface area contributed by atoms with E-state index >= 15 is 0 Å². The first-order chi connectivity index (χ1) is 8.45. The molecule has 98 valence electrons. The van der Waals surface area contributed by atoms with Gasteiger partial charge in [-0.15, -0.1) is 0 Å². The van der Waals surface area contributed by atoms with Gasteiger partial charge in [0.1, 0.15) is 11.7 Å². The van der Waals surface area contributed by atoms with Crippen molar-refractivity contribution >= 4 is 28.9 Å². The number of halogens is 1. The molecule has 6 nitrogen and oxygen atoms in total. The number of nitro groups is 1. The highest BCUT2D eigenvalue weighted by Gasteiger charge is 2.19. The largest absolute Gasteiger partial charge is 0.464 e. The second-order valence-corrected chi connectivity index (χ2v) is 3.97. The Bertz CT molecular complexity index is 464. The zero-order valence-corrected chi connectivity index (χ0v) is 10.7. The van der Waals surface area contributed by atoms with E-state index in [-0.39, 0.29) is 23.0 Å². The molecular formula is C11H13ClN2O4. The van der Waals surface area contributed by atoms with Gasteiger partial charge in [-0.25, -0.2) is 4.79 Å². The van der Waals surface area contributed by atoms with Gasteiger partial charge in [0.05, 0.1) is 11.5 Å². The number of rotatable bonds is 5. The molecule has 0 bridgehead atoms. The lowest BCUT2D eigenvalue weighted by molar-refractivity contribution is -0.384. The molecule has 0 aliphatic rings. The molecule has 1 aromatic rings. The zero-order valence-electron chi connectivity index (χ0n) is 9.97. The highest BCUT2D eigenvalue weighted by atomic mass is 35.5. The average molecular weight is 273 g/mol. The lowest BCUT2D eigenvalue weighted by Gasteiger charge is -2.13. The molecule has 1 rings (SSSR count). The molecule has 0 heterocycles. The van der Waals surface area contributed by atoms with Crippen molar-refractivity contribution in [3.63, 3.8) is 0 Å².